The normalized spacial score (nSPS) is 40.8. The lowest BCUT2D eigenvalue weighted by molar-refractivity contribution is -0.118. The fraction of sp³-hybridized carbons (Fsp3) is 0.944. The third-order valence-corrected chi connectivity index (χ3v) is 10.3. The second-order valence-corrected chi connectivity index (χ2v) is 10.6. The minimum Gasteiger partial charge on any atom is -0.427 e. The third-order valence-electron chi connectivity index (χ3n) is 6.88. The van der Waals surface area contributed by atoms with Gasteiger partial charge in [0.2, 0.25) is 0 Å². The lowest BCUT2D eigenvalue weighted by atomic mass is 9.50. The van der Waals surface area contributed by atoms with E-state index in [0.29, 0.717) is 22.2 Å². The van der Waals surface area contributed by atoms with Gasteiger partial charge in [-0.3, -0.25) is 4.79 Å². The molecular formula is C18H31BO3S2. The highest BCUT2D eigenvalue weighted by molar-refractivity contribution is 8.17. The number of hydrogen-bond acceptors (Lipinski definition) is 5. The molecule has 2 N–H and O–H groups in total. The summed E-state index contributed by atoms with van der Waals surface area (Å²) in [5.41, 5.74) is 0.109. The number of fused-ring (bicyclic) bond motifs is 1. The zero-order chi connectivity index (χ0) is 17.3. The molecule has 136 valence electrons. The average Bonchev–Trinajstić information content (AvgIpc) is 2.71. The lowest BCUT2D eigenvalue weighted by Crippen LogP contribution is -2.48. The molecular weight excluding hydrogens is 339 g/mol. The van der Waals surface area contributed by atoms with Gasteiger partial charge in [-0.2, -0.15) is 11.8 Å². The molecule has 5 atom stereocenters. The maximum Gasteiger partial charge on any atom is 0.454 e. The van der Waals surface area contributed by atoms with Crippen LogP contribution in [0.1, 0.15) is 64.7 Å². The van der Waals surface area contributed by atoms with Crippen LogP contribution in [-0.4, -0.2) is 39.0 Å². The van der Waals surface area contributed by atoms with Gasteiger partial charge in [0.25, 0.3) is 0 Å². The van der Waals surface area contributed by atoms with Gasteiger partial charge in [0.1, 0.15) is 5.78 Å². The van der Waals surface area contributed by atoms with E-state index in [4.69, 9.17) is 0 Å². The Hall–Kier alpha value is 0.355. The smallest absolute Gasteiger partial charge is 0.427 e. The molecule has 2 saturated carbocycles. The van der Waals surface area contributed by atoms with Gasteiger partial charge in [0.15, 0.2) is 0 Å². The average molecular weight is 370 g/mol. The van der Waals surface area contributed by atoms with Crippen LogP contribution in [-0.2, 0) is 4.79 Å². The molecule has 1 aliphatic heterocycles. The molecule has 0 aromatic rings. The number of carbonyl (C=O) groups excluding carboxylic acids is 1. The first-order valence-corrected chi connectivity index (χ1v) is 11.8. The van der Waals surface area contributed by atoms with Crippen molar-refractivity contribution in [1.29, 1.82) is 0 Å². The van der Waals surface area contributed by atoms with Gasteiger partial charge in [0.05, 0.1) is 9.83 Å². The van der Waals surface area contributed by atoms with Crippen LogP contribution >= 0.6 is 23.5 Å². The summed E-state index contributed by atoms with van der Waals surface area (Å²) in [6.07, 6.45) is 12.7. The number of thioether (sulfide) groups is 2. The Labute approximate surface area is 155 Å². The third kappa shape index (κ3) is 3.33. The summed E-state index contributed by atoms with van der Waals surface area (Å²) in [5, 5.41) is 19.9. The van der Waals surface area contributed by atoms with E-state index in [9.17, 15) is 14.8 Å². The zero-order valence-corrected chi connectivity index (χ0v) is 16.6. The first kappa shape index (κ1) is 19.1. The van der Waals surface area contributed by atoms with Crippen molar-refractivity contribution in [3.05, 3.63) is 0 Å². The molecule has 0 amide bonds. The Morgan fingerprint density at radius 3 is 2.33 bits per heavy atom. The maximum absolute atomic E-state index is 12.3. The molecule has 5 unspecified atom stereocenters. The summed E-state index contributed by atoms with van der Waals surface area (Å²) in [5.74, 6) is 1.37. The first-order chi connectivity index (χ1) is 11.5. The molecule has 3 rings (SSSR count). The van der Waals surface area contributed by atoms with E-state index >= 15 is 0 Å². The van der Waals surface area contributed by atoms with Crippen molar-refractivity contribution < 1.29 is 14.8 Å². The van der Waals surface area contributed by atoms with E-state index < -0.39 is 7.12 Å². The number of carbonyl (C=O) groups is 1. The Balaban J connectivity index is 1.98. The highest BCUT2D eigenvalue weighted by atomic mass is 32.2. The van der Waals surface area contributed by atoms with E-state index in [2.05, 4.69) is 6.26 Å². The number of rotatable bonds is 4. The largest absolute Gasteiger partial charge is 0.454 e. The number of Topliss-reactive ketones (excluding diaryl/α,β-unsaturated/α-hetero) is 1. The quantitative estimate of drug-likeness (QED) is 0.579. The Bertz CT molecular complexity index is 454. The second-order valence-electron chi connectivity index (χ2n) is 8.10. The Kier molecular flexibility index (Phi) is 6.32. The molecule has 6 heteroatoms. The predicted octanol–water partition coefficient (Wildman–Crippen LogP) is 3.98. The van der Waals surface area contributed by atoms with Crippen LogP contribution in [0.2, 0.25) is 5.82 Å². The van der Waals surface area contributed by atoms with Crippen molar-refractivity contribution in [3.63, 3.8) is 0 Å². The van der Waals surface area contributed by atoms with E-state index in [0.717, 1.165) is 19.3 Å². The van der Waals surface area contributed by atoms with Crippen molar-refractivity contribution in [2.24, 2.45) is 17.3 Å². The first-order valence-electron chi connectivity index (χ1n) is 9.55. The highest BCUT2D eigenvalue weighted by Gasteiger charge is 2.62. The van der Waals surface area contributed by atoms with E-state index in [1.807, 2.05) is 23.5 Å². The predicted molar refractivity (Wildman–Crippen MR) is 104 cm³/mol. The maximum atomic E-state index is 12.3. The molecule has 0 bridgehead atoms. The van der Waals surface area contributed by atoms with E-state index in [1.54, 1.807) is 6.92 Å². The summed E-state index contributed by atoms with van der Waals surface area (Å²) >= 11 is 3.79. The fourth-order valence-corrected chi connectivity index (χ4v) is 9.28. The highest BCUT2D eigenvalue weighted by Crippen LogP contribution is 2.68. The number of ketones is 1. The Morgan fingerprint density at radius 1 is 1.12 bits per heavy atom. The molecule has 3 nitrogen and oxygen atoms in total. The molecule has 3 aliphatic rings. The minimum atomic E-state index is -1.21. The topological polar surface area (TPSA) is 57.5 Å². The molecule has 0 aromatic heterocycles. The molecule has 0 aromatic carbocycles. The van der Waals surface area contributed by atoms with Gasteiger partial charge in [0, 0.05) is 0 Å². The van der Waals surface area contributed by atoms with Crippen LogP contribution in [0.15, 0.2) is 0 Å². The van der Waals surface area contributed by atoms with Crippen molar-refractivity contribution in [3.8, 4) is 0 Å². The summed E-state index contributed by atoms with van der Waals surface area (Å²) in [6, 6.07) is 0. The van der Waals surface area contributed by atoms with Crippen LogP contribution in [0.5, 0.6) is 0 Å². The van der Waals surface area contributed by atoms with Crippen molar-refractivity contribution in [1.82, 2.24) is 0 Å². The monoisotopic (exact) mass is 370 g/mol. The van der Waals surface area contributed by atoms with Crippen LogP contribution in [0, 0.1) is 17.3 Å². The van der Waals surface area contributed by atoms with Crippen molar-refractivity contribution >= 4 is 36.4 Å². The molecule has 24 heavy (non-hydrogen) atoms. The Morgan fingerprint density at radius 2 is 1.79 bits per heavy atom. The lowest BCUT2D eigenvalue weighted by Gasteiger charge is -2.51. The standard InChI is InChI=1S/C18H31BO3S2/c1-12(20)16-15-10-9-14(19(21)22)11-18(15,17(23-2)24-16)13-7-5-3-4-6-8-13/h13-17,21-22H,3-11H2,1-2H3. The summed E-state index contributed by atoms with van der Waals surface area (Å²) in [4.78, 5) is 12.3. The van der Waals surface area contributed by atoms with E-state index in [1.165, 1.54) is 38.5 Å². The molecule has 1 saturated heterocycles. The van der Waals surface area contributed by atoms with Gasteiger partial charge in [-0.15, -0.1) is 11.8 Å². The van der Waals surface area contributed by atoms with Gasteiger partial charge in [-0.25, -0.2) is 0 Å². The number of hydrogen-bond donors (Lipinski definition) is 2. The molecule has 3 fully saturated rings. The van der Waals surface area contributed by atoms with Crippen molar-refractivity contribution in [2.75, 3.05) is 6.26 Å². The van der Waals surface area contributed by atoms with Gasteiger partial charge < -0.3 is 10.0 Å². The molecule has 2 aliphatic carbocycles. The van der Waals surface area contributed by atoms with Crippen LogP contribution in [0.25, 0.3) is 0 Å². The van der Waals surface area contributed by atoms with Gasteiger partial charge in [-0.1, -0.05) is 32.1 Å². The molecule has 0 spiro atoms. The SMILES string of the molecule is CSC1SC(C(C)=O)C2CCC(B(O)O)CC12C1CCCCCC1. The van der Waals surface area contributed by atoms with Crippen molar-refractivity contribution in [2.45, 2.75) is 80.4 Å². The molecule has 1 heterocycles. The summed E-state index contributed by atoms with van der Waals surface area (Å²) in [7, 11) is -1.21. The van der Waals surface area contributed by atoms with Crippen LogP contribution in [0.3, 0.4) is 0 Å². The van der Waals surface area contributed by atoms with Crippen LogP contribution in [0.4, 0.5) is 0 Å². The second kappa shape index (κ2) is 7.93. The summed E-state index contributed by atoms with van der Waals surface area (Å²) in [6.45, 7) is 1.76. The zero-order valence-electron chi connectivity index (χ0n) is 14.9. The summed E-state index contributed by atoms with van der Waals surface area (Å²) < 4.78 is 0.418. The van der Waals surface area contributed by atoms with Gasteiger partial charge in [-0.05, 0) is 61.9 Å². The minimum absolute atomic E-state index is 0.0227. The van der Waals surface area contributed by atoms with E-state index in [-0.39, 0.29) is 16.5 Å². The van der Waals surface area contributed by atoms with Gasteiger partial charge >= 0.3 is 7.12 Å². The molecule has 0 radical (unpaired) electrons. The van der Waals surface area contributed by atoms with Crippen LogP contribution < -0.4 is 0 Å². The fourth-order valence-electron chi connectivity index (χ4n) is 5.82.